The van der Waals surface area contributed by atoms with E-state index in [1.807, 2.05) is 18.2 Å². The van der Waals surface area contributed by atoms with Crippen molar-refractivity contribution in [3.8, 4) is 0 Å². The number of anilines is 1. The van der Waals surface area contributed by atoms with Gasteiger partial charge in [-0.15, -0.1) is 0 Å². The van der Waals surface area contributed by atoms with Crippen LogP contribution in [0.5, 0.6) is 0 Å². The highest BCUT2D eigenvalue weighted by atomic mass is 35.5. The van der Waals surface area contributed by atoms with Crippen LogP contribution in [0.3, 0.4) is 0 Å². The third-order valence-corrected chi connectivity index (χ3v) is 3.76. The average molecular weight is 303 g/mol. The van der Waals surface area contributed by atoms with Gasteiger partial charge in [-0.25, -0.2) is 0 Å². The van der Waals surface area contributed by atoms with Gasteiger partial charge in [0.2, 0.25) is 0 Å². The van der Waals surface area contributed by atoms with Gasteiger partial charge in [0.1, 0.15) is 0 Å². The Morgan fingerprint density at radius 1 is 1.14 bits per heavy atom. The Kier molecular flexibility index (Phi) is 5.66. The van der Waals surface area contributed by atoms with Gasteiger partial charge in [-0.2, -0.15) is 0 Å². The van der Waals surface area contributed by atoms with Gasteiger partial charge >= 0.3 is 0 Å². The summed E-state index contributed by atoms with van der Waals surface area (Å²) in [5, 5.41) is 4.20. The van der Waals surface area contributed by atoms with Gasteiger partial charge in [0.15, 0.2) is 0 Å². The van der Waals surface area contributed by atoms with Crippen molar-refractivity contribution in [3.05, 3.63) is 64.2 Å². The first-order valence-electron chi connectivity index (χ1n) is 7.36. The second-order valence-electron chi connectivity index (χ2n) is 5.40. The van der Waals surface area contributed by atoms with Gasteiger partial charge in [-0.3, -0.25) is 0 Å². The van der Waals surface area contributed by atoms with E-state index in [0.29, 0.717) is 0 Å². The SMILES string of the molecule is CCNCc1cc(C)ccc1N(C)Cc1cccc(Cl)c1. The van der Waals surface area contributed by atoms with Crippen molar-refractivity contribution in [2.75, 3.05) is 18.5 Å². The molecule has 1 N–H and O–H groups in total. The predicted molar refractivity (Wildman–Crippen MR) is 92.1 cm³/mol. The largest absolute Gasteiger partial charge is 0.370 e. The summed E-state index contributed by atoms with van der Waals surface area (Å²) in [5.41, 5.74) is 5.12. The van der Waals surface area contributed by atoms with Gasteiger partial charge in [0, 0.05) is 30.8 Å². The summed E-state index contributed by atoms with van der Waals surface area (Å²) in [6.45, 7) is 6.99. The van der Waals surface area contributed by atoms with Crippen LogP contribution in [0.4, 0.5) is 5.69 Å². The zero-order valence-corrected chi connectivity index (χ0v) is 13.7. The Bertz CT molecular complexity index is 596. The molecule has 0 bridgehead atoms. The van der Waals surface area contributed by atoms with Crippen molar-refractivity contribution in [3.63, 3.8) is 0 Å². The lowest BCUT2D eigenvalue weighted by molar-refractivity contribution is 0.722. The first kappa shape index (κ1) is 15.9. The van der Waals surface area contributed by atoms with Crippen LogP contribution >= 0.6 is 11.6 Å². The second kappa shape index (κ2) is 7.48. The number of hydrogen-bond donors (Lipinski definition) is 1. The highest BCUT2D eigenvalue weighted by molar-refractivity contribution is 6.30. The molecule has 2 aromatic carbocycles. The Hall–Kier alpha value is -1.51. The van der Waals surface area contributed by atoms with Gasteiger partial charge in [-0.05, 0) is 42.8 Å². The summed E-state index contributed by atoms with van der Waals surface area (Å²) in [5.74, 6) is 0. The normalized spacial score (nSPS) is 10.7. The Labute approximate surface area is 132 Å². The molecule has 0 saturated heterocycles. The molecular formula is C18H23ClN2. The quantitative estimate of drug-likeness (QED) is 0.851. The molecule has 112 valence electrons. The number of benzene rings is 2. The molecule has 0 saturated carbocycles. The number of halogens is 1. The number of hydrogen-bond acceptors (Lipinski definition) is 2. The lowest BCUT2D eigenvalue weighted by Gasteiger charge is -2.23. The zero-order valence-electron chi connectivity index (χ0n) is 13.0. The Balaban J connectivity index is 2.19. The fraction of sp³-hybridized carbons (Fsp3) is 0.333. The summed E-state index contributed by atoms with van der Waals surface area (Å²) in [4.78, 5) is 2.28. The van der Waals surface area contributed by atoms with E-state index in [4.69, 9.17) is 11.6 Å². The van der Waals surface area contributed by atoms with Crippen molar-refractivity contribution in [1.29, 1.82) is 0 Å². The molecule has 0 radical (unpaired) electrons. The van der Waals surface area contributed by atoms with E-state index in [0.717, 1.165) is 24.7 Å². The maximum Gasteiger partial charge on any atom is 0.0426 e. The number of nitrogens with zero attached hydrogens (tertiary/aromatic N) is 1. The Morgan fingerprint density at radius 3 is 2.67 bits per heavy atom. The summed E-state index contributed by atoms with van der Waals surface area (Å²) >= 11 is 6.07. The molecular weight excluding hydrogens is 280 g/mol. The number of nitrogens with one attached hydrogen (secondary N) is 1. The lowest BCUT2D eigenvalue weighted by Crippen LogP contribution is -2.20. The molecule has 21 heavy (non-hydrogen) atoms. The van der Waals surface area contributed by atoms with Crippen LogP contribution in [0.1, 0.15) is 23.6 Å². The molecule has 0 aliphatic heterocycles. The van der Waals surface area contributed by atoms with E-state index in [-0.39, 0.29) is 0 Å². The topological polar surface area (TPSA) is 15.3 Å². The fourth-order valence-corrected chi connectivity index (χ4v) is 2.70. The Morgan fingerprint density at radius 2 is 1.95 bits per heavy atom. The van der Waals surface area contributed by atoms with Crippen LogP contribution in [0, 0.1) is 6.92 Å². The summed E-state index contributed by atoms with van der Waals surface area (Å²) in [6, 6.07) is 14.7. The van der Waals surface area contributed by atoms with Gasteiger partial charge in [0.05, 0.1) is 0 Å². The molecule has 0 aliphatic rings. The van der Waals surface area contributed by atoms with E-state index in [2.05, 4.69) is 55.4 Å². The van der Waals surface area contributed by atoms with Crippen LogP contribution in [0.2, 0.25) is 5.02 Å². The first-order chi connectivity index (χ1) is 10.1. The van der Waals surface area contributed by atoms with E-state index in [1.165, 1.54) is 22.4 Å². The maximum atomic E-state index is 6.07. The highest BCUT2D eigenvalue weighted by Crippen LogP contribution is 2.23. The van der Waals surface area contributed by atoms with Crippen LogP contribution in [0.15, 0.2) is 42.5 Å². The van der Waals surface area contributed by atoms with Gasteiger partial charge in [-0.1, -0.05) is 48.4 Å². The summed E-state index contributed by atoms with van der Waals surface area (Å²) in [7, 11) is 2.13. The molecule has 0 aromatic heterocycles. The molecule has 0 spiro atoms. The maximum absolute atomic E-state index is 6.07. The van der Waals surface area contributed by atoms with E-state index < -0.39 is 0 Å². The van der Waals surface area contributed by atoms with Gasteiger partial charge in [0.25, 0.3) is 0 Å². The van der Waals surface area contributed by atoms with Crippen molar-refractivity contribution >= 4 is 17.3 Å². The first-order valence-corrected chi connectivity index (χ1v) is 7.73. The molecule has 2 rings (SSSR count). The zero-order chi connectivity index (χ0) is 15.2. The minimum Gasteiger partial charge on any atom is -0.370 e. The van der Waals surface area contributed by atoms with E-state index >= 15 is 0 Å². The van der Waals surface area contributed by atoms with Crippen LogP contribution in [-0.4, -0.2) is 13.6 Å². The van der Waals surface area contributed by atoms with Crippen LogP contribution in [-0.2, 0) is 13.1 Å². The monoisotopic (exact) mass is 302 g/mol. The molecule has 3 heteroatoms. The minimum absolute atomic E-state index is 0.790. The molecule has 0 aliphatic carbocycles. The van der Waals surface area contributed by atoms with Crippen LogP contribution in [0.25, 0.3) is 0 Å². The van der Waals surface area contributed by atoms with Gasteiger partial charge < -0.3 is 10.2 Å². The van der Waals surface area contributed by atoms with E-state index in [1.54, 1.807) is 0 Å². The van der Waals surface area contributed by atoms with Crippen molar-refractivity contribution in [2.45, 2.75) is 26.9 Å². The van der Waals surface area contributed by atoms with Crippen molar-refractivity contribution in [1.82, 2.24) is 5.32 Å². The lowest BCUT2D eigenvalue weighted by atomic mass is 10.1. The fourth-order valence-electron chi connectivity index (χ4n) is 2.48. The second-order valence-corrected chi connectivity index (χ2v) is 5.83. The number of rotatable bonds is 6. The molecule has 2 aromatic rings. The third kappa shape index (κ3) is 4.48. The molecule has 2 nitrogen and oxygen atoms in total. The molecule has 0 unspecified atom stereocenters. The summed E-state index contributed by atoms with van der Waals surface area (Å²) < 4.78 is 0. The molecule has 0 atom stereocenters. The van der Waals surface area contributed by atoms with E-state index in [9.17, 15) is 0 Å². The minimum atomic E-state index is 0.790. The van der Waals surface area contributed by atoms with Crippen molar-refractivity contribution in [2.24, 2.45) is 0 Å². The smallest absolute Gasteiger partial charge is 0.0426 e. The summed E-state index contributed by atoms with van der Waals surface area (Å²) in [6.07, 6.45) is 0. The van der Waals surface area contributed by atoms with Crippen molar-refractivity contribution < 1.29 is 0 Å². The predicted octanol–water partition coefficient (Wildman–Crippen LogP) is 4.39. The number of aryl methyl sites for hydroxylation is 1. The third-order valence-electron chi connectivity index (χ3n) is 3.52. The highest BCUT2D eigenvalue weighted by Gasteiger charge is 2.08. The molecule has 0 heterocycles. The standard InChI is InChI=1S/C18H23ClN2/c1-4-20-12-16-10-14(2)8-9-18(16)21(3)13-15-6-5-7-17(19)11-15/h5-11,20H,4,12-13H2,1-3H3. The molecule has 0 fully saturated rings. The average Bonchev–Trinajstić information content (AvgIpc) is 2.45. The molecule has 0 amide bonds. The van der Waals surface area contributed by atoms with Crippen LogP contribution < -0.4 is 10.2 Å².